The van der Waals surface area contributed by atoms with Crippen molar-refractivity contribution in [2.24, 2.45) is 7.05 Å². The van der Waals surface area contributed by atoms with Crippen LogP contribution in [-0.2, 0) is 11.8 Å². The minimum absolute atomic E-state index is 0.134. The van der Waals surface area contributed by atoms with Gasteiger partial charge in [0.15, 0.2) is 0 Å². The SMILES string of the molecule is Cc1nn(C)c(Cl)c1C=CC(=O)NC1CCC(O)CC1. The van der Waals surface area contributed by atoms with Gasteiger partial charge in [-0.05, 0) is 38.7 Å². The first-order chi connectivity index (χ1) is 9.47. The number of hydrogen-bond donors (Lipinski definition) is 2. The molecule has 0 unspecified atom stereocenters. The molecule has 1 aliphatic rings. The third-order valence-corrected chi connectivity index (χ3v) is 4.09. The lowest BCUT2D eigenvalue weighted by molar-refractivity contribution is -0.117. The van der Waals surface area contributed by atoms with Crippen LogP contribution in [0.5, 0.6) is 0 Å². The van der Waals surface area contributed by atoms with Gasteiger partial charge in [0.25, 0.3) is 0 Å². The van der Waals surface area contributed by atoms with E-state index in [9.17, 15) is 9.90 Å². The van der Waals surface area contributed by atoms with Crippen LogP contribution in [0.1, 0.15) is 36.9 Å². The van der Waals surface area contributed by atoms with Gasteiger partial charge < -0.3 is 10.4 Å². The molecule has 1 amide bonds. The molecule has 1 aromatic rings. The van der Waals surface area contributed by atoms with Crippen LogP contribution in [0.2, 0.25) is 5.15 Å². The Morgan fingerprint density at radius 1 is 1.45 bits per heavy atom. The lowest BCUT2D eigenvalue weighted by Crippen LogP contribution is -2.37. The Labute approximate surface area is 123 Å². The first kappa shape index (κ1) is 15.1. The predicted octanol–water partition coefficient (Wildman–Crippen LogP) is 1.81. The molecule has 2 rings (SSSR count). The van der Waals surface area contributed by atoms with Crippen molar-refractivity contribution in [3.05, 3.63) is 22.5 Å². The van der Waals surface area contributed by atoms with Crippen molar-refractivity contribution < 1.29 is 9.90 Å². The number of rotatable bonds is 3. The van der Waals surface area contributed by atoms with Crippen molar-refractivity contribution in [1.82, 2.24) is 15.1 Å². The van der Waals surface area contributed by atoms with Gasteiger partial charge in [-0.15, -0.1) is 0 Å². The maximum Gasteiger partial charge on any atom is 0.244 e. The highest BCUT2D eigenvalue weighted by molar-refractivity contribution is 6.31. The highest BCUT2D eigenvalue weighted by atomic mass is 35.5. The number of carbonyl (C=O) groups excluding carboxylic acids is 1. The Morgan fingerprint density at radius 2 is 2.10 bits per heavy atom. The van der Waals surface area contributed by atoms with Gasteiger partial charge in [-0.1, -0.05) is 11.6 Å². The summed E-state index contributed by atoms with van der Waals surface area (Å²) < 4.78 is 1.58. The normalized spacial score (nSPS) is 23.2. The molecule has 1 fully saturated rings. The third-order valence-electron chi connectivity index (χ3n) is 3.64. The number of nitrogens with zero attached hydrogens (tertiary/aromatic N) is 2. The summed E-state index contributed by atoms with van der Waals surface area (Å²) in [5.41, 5.74) is 1.56. The van der Waals surface area contributed by atoms with Crippen molar-refractivity contribution in [3.63, 3.8) is 0 Å². The van der Waals surface area contributed by atoms with E-state index in [1.54, 1.807) is 17.8 Å². The van der Waals surface area contributed by atoms with E-state index in [0.717, 1.165) is 36.9 Å². The fourth-order valence-electron chi connectivity index (χ4n) is 2.46. The van der Waals surface area contributed by atoms with Crippen LogP contribution >= 0.6 is 11.6 Å². The summed E-state index contributed by atoms with van der Waals surface area (Å²) in [7, 11) is 1.76. The van der Waals surface area contributed by atoms with Crippen LogP contribution in [0.25, 0.3) is 6.08 Å². The molecule has 1 aromatic heterocycles. The Morgan fingerprint density at radius 3 is 2.65 bits per heavy atom. The van der Waals surface area contributed by atoms with Crippen molar-refractivity contribution in [3.8, 4) is 0 Å². The van der Waals surface area contributed by atoms with Crippen LogP contribution in [-0.4, -0.2) is 32.9 Å². The molecule has 1 aliphatic carbocycles. The maximum atomic E-state index is 11.9. The lowest BCUT2D eigenvalue weighted by atomic mass is 9.93. The smallest absolute Gasteiger partial charge is 0.244 e. The molecule has 2 N–H and O–H groups in total. The highest BCUT2D eigenvalue weighted by Gasteiger charge is 2.20. The Bertz CT molecular complexity index is 517. The molecule has 5 nitrogen and oxygen atoms in total. The highest BCUT2D eigenvalue weighted by Crippen LogP contribution is 2.20. The van der Waals surface area contributed by atoms with Gasteiger partial charge in [0.1, 0.15) is 5.15 Å². The zero-order valence-electron chi connectivity index (χ0n) is 11.8. The van der Waals surface area contributed by atoms with E-state index in [1.807, 2.05) is 6.92 Å². The number of nitrogens with one attached hydrogen (secondary N) is 1. The van der Waals surface area contributed by atoms with E-state index in [1.165, 1.54) is 6.08 Å². The van der Waals surface area contributed by atoms with E-state index in [4.69, 9.17) is 11.6 Å². The van der Waals surface area contributed by atoms with Gasteiger partial charge in [0.2, 0.25) is 5.91 Å². The summed E-state index contributed by atoms with van der Waals surface area (Å²) in [6, 6.07) is 0.154. The summed E-state index contributed by atoms with van der Waals surface area (Å²) >= 11 is 6.10. The first-order valence-electron chi connectivity index (χ1n) is 6.83. The Kier molecular flexibility index (Phi) is 4.83. The number of aliphatic hydroxyl groups excluding tert-OH is 1. The molecular formula is C14H20ClN3O2. The number of halogens is 1. The Hall–Kier alpha value is -1.33. The summed E-state index contributed by atoms with van der Waals surface area (Å²) in [6.07, 6.45) is 6.12. The second kappa shape index (κ2) is 6.41. The molecule has 0 aliphatic heterocycles. The molecule has 0 aromatic carbocycles. The van der Waals surface area contributed by atoms with E-state index in [-0.39, 0.29) is 18.1 Å². The van der Waals surface area contributed by atoms with E-state index >= 15 is 0 Å². The quantitative estimate of drug-likeness (QED) is 0.836. The number of aromatic nitrogens is 2. The van der Waals surface area contributed by atoms with Crippen LogP contribution < -0.4 is 5.32 Å². The van der Waals surface area contributed by atoms with E-state index < -0.39 is 0 Å². The van der Waals surface area contributed by atoms with Crippen molar-refractivity contribution in [1.29, 1.82) is 0 Å². The van der Waals surface area contributed by atoms with Crippen molar-refractivity contribution >= 4 is 23.6 Å². The third kappa shape index (κ3) is 3.61. The molecule has 0 radical (unpaired) electrons. The van der Waals surface area contributed by atoms with Gasteiger partial charge >= 0.3 is 0 Å². The summed E-state index contributed by atoms with van der Waals surface area (Å²) in [4.78, 5) is 11.9. The fraction of sp³-hybridized carbons (Fsp3) is 0.571. The van der Waals surface area contributed by atoms with Crippen LogP contribution in [0.15, 0.2) is 6.08 Å². The van der Waals surface area contributed by atoms with Crippen LogP contribution in [0.3, 0.4) is 0 Å². The first-order valence-corrected chi connectivity index (χ1v) is 7.21. The topological polar surface area (TPSA) is 67.2 Å². The zero-order valence-corrected chi connectivity index (χ0v) is 12.5. The average Bonchev–Trinajstić information content (AvgIpc) is 2.64. The summed E-state index contributed by atoms with van der Waals surface area (Å²) in [5, 5.41) is 17.1. The molecule has 0 bridgehead atoms. The lowest BCUT2D eigenvalue weighted by Gasteiger charge is -2.25. The molecule has 1 heterocycles. The number of carbonyl (C=O) groups is 1. The molecule has 0 atom stereocenters. The number of amides is 1. The molecular weight excluding hydrogens is 278 g/mol. The summed E-state index contributed by atoms with van der Waals surface area (Å²) in [6.45, 7) is 1.85. The average molecular weight is 298 g/mol. The van der Waals surface area contributed by atoms with E-state index in [0.29, 0.717) is 5.15 Å². The molecule has 6 heteroatoms. The number of aliphatic hydroxyl groups is 1. The fourth-order valence-corrected chi connectivity index (χ4v) is 2.70. The largest absolute Gasteiger partial charge is 0.393 e. The minimum atomic E-state index is -0.212. The monoisotopic (exact) mass is 297 g/mol. The van der Waals surface area contributed by atoms with Crippen molar-refractivity contribution in [2.45, 2.75) is 44.8 Å². The zero-order chi connectivity index (χ0) is 14.7. The maximum absolute atomic E-state index is 11.9. The van der Waals surface area contributed by atoms with Gasteiger partial charge in [0, 0.05) is 24.7 Å². The van der Waals surface area contributed by atoms with E-state index in [2.05, 4.69) is 10.4 Å². The summed E-state index contributed by atoms with van der Waals surface area (Å²) in [5.74, 6) is -0.134. The molecule has 20 heavy (non-hydrogen) atoms. The number of hydrogen-bond acceptors (Lipinski definition) is 3. The second-order valence-electron chi connectivity index (χ2n) is 5.26. The predicted molar refractivity (Wildman–Crippen MR) is 78.4 cm³/mol. The molecule has 1 saturated carbocycles. The minimum Gasteiger partial charge on any atom is -0.393 e. The standard InChI is InChI=1S/C14H20ClN3O2/c1-9-12(14(15)18(2)17-9)7-8-13(20)16-10-3-5-11(19)6-4-10/h7-8,10-11,19H,3-6H2,1-2H3,(H,16,20). The van der Waals surface area contributed by atoms with Gasteiger partial charge in [0.05, 0.1) is 11.8 Å². The van der Waals surface area contributed by atoms with Gasteiger partial charge in [-0.25, -0.2) is 0 Å². The van der Waals surface area contributed by atoms with Crippen LogP contribution in [0.4, 0.5) is 0 Å². The van der Waals surface area contributed by atoms with Gasteiger partial charge in [-0.2, -0.15) is 5.10 Å². The molecule has 0 saturated heterocycles. The second-order valence-corrected chi connectivity index (χ2v) is 5.62. The molecule has 0 spiro atoms. The molecule has 110 valence electrons. The Balaban J connectivity index is 1.92. The van der Waals surface area contributed by atoms with Crippen LogP contribution in [0, 0.1) is 6.92 Å². The van der Waals surface area contributed by atoms with Crippen molar-refractivity contribution in [2.75, 3.05) is 0 Å². The number of aryl methyl sites for hydroxylation is 2. The van der Waals surface area contributed by atoms with Gasteiger partial charge in [-0.3, -0.25) is 9.48 Å².